The van der Waals surface area contributed by atoms with Gasteiger partial charge in [0.1, 0.15) is 21.3 Å². The quantitative estimate of drug-likeness (QED) is 0.206. The van der Waals surface area contributed by atoms with Crippen LogP contribution in [0.5, 0.6) is 11.6 Å². The van der Waals surface area contributed by atoms with E-state index in [0.29, 0.717) is 51.5 Å². The van der Waals surface area contributed by atoms with Gasteiger partial charge in [-0.05, 0) is 68.2 Å². The lowest BCUT2D eigenvalue weighted by molar-refractivity contribution is -0.137. The predicted molar refractivity (Wildman–Crippen MR) is 148 cm³/mol. The van der Waals surface area contributed by atoms with Crippen LogP contribution in [0.1, 0.15) is 42.4 Å². The van der Waals surface area contributed by atoms with E-state index in [1.807, 2.05) is 19.9 Å². The van der Waals surface area contributed by atoms with Gasteiger partial charge in [0.2, 0.25) is 5.88 Å². The maximum absolute atomic E-state index is 13.5. The van der Waals surface area contributed by atoms with Crippen molar-refractivity contribution in [1.29, 1.82) is 0 Å². The number of unbranched alkanes of at least 4 members (excludes halogenated alkanes) is 2. The Morgan fingerprint density at radius 3 is 2.70 bits per heavy atom. The number of amides is 1. The molecular weight excluding hydrogens is 534 g/mol. The summed E-state index contributed by atoms with van der Waals surface area (Å²) in [4.78, 5) is 43.8. The normalized spacial score (nSPS) is 14.7. The van der Waals surface area contributed by atoms with Crippen molar-refractivity contribution in [3.63, 3.8) is 0 Å². The molecule has 0 aliphatic carbocycles. The molecule has 4 rings (SSSR count). The molecule has 11 heteroatoms. The van der Waals surface area contributed by atoms with E-state index in [4.69, 9.17) is 33.7 Å². The van der Waals surface area contributed by atoms with Crippen molar-refractivity contribution in [3.05, 3.63) is 73.5 Å². The van der Waals surface area contributed by atoms with Gasteiger partial charge < -0.3 is 9.84 Å². The first-order valence-corrected chi connectivity index (χ1v) is 13.2. The average Bonchev–Trinajstić information content (AvgIpc) is 3.11. The molecule has 3 heterocycles. The predicted octanol–water partition coefficient (Wildman–Crippen LogP) is 5.60. The number of halogens is 1. The number of ether oxygens (including phenoxy) is 1. The highest BCUT2D eigenvalue weighted by Gasteiger charge is 2.32. The SMILES string of the molecule is Cc1cc(Oc2nc3c(C)cccn3c(=O)c2/C=C2/SC(=S)N(CCCCCC(=O)O)C2=O)ccc1Cl. The number of carbonyl (C=O) groups excluding carboxylic acids is 1. The Hall–Kier alpha value is -3.21. The fraction of sp³-hybridized carbons (Fsp3) is 0.269. The summed E-state index contributed by atoms with van der Waals surface area (Å²) in [5, 5.41) is 9.37. The molecule has 1 fully saturated rings. The first-order chi connectivity index (χ1) is 17.7. The number of thiocarbonyl (C=S) groups is 1. The Morgan fingerprint density at radius 2 is 1.97 bits per heavy atom. The number of carbonyl (C=O) groups is 2. The Bertz CT molecular complexity index is 1500. The van der Waals surface area contributed by atoms with Crippen LogP contribution >= 0.6 is 35.6 Å². The molecule has 1 N–H and O–H groups in total. The molecule has 1 saturated heterocycles. The Labute approximate surface area is 227 Å². The number of carboxylic acid groups (broad SMARTS) is 1. The molecule has 0 unspecified atom stereocenters. The summed E-state index contributed by atoms with van der Waals surface area (Å²) in [7, 11) is 0. The second-order valence-electron chi connectivity index (χ2n) is 8.57. The molecule has 1 aliphatic heterocycles. The van der Waals surface area contributed by atoms with Crippen LogP contribution in [0.2, 0.25) is 5.02 Å². The van der Waals surface area contributed by atoms with Crippen LogP contribution in [0.4, 0.5) is 0 Å². The molecule has 8 nitrogen and oxygen atoms in total. The molecule has 37 heavy (non-hydrogen) atoms. The van der Waals surface area contributed by atoms with Crippen LogP contribution in [0.25, 0.3) is 11.7 Å². The molecule has 192 valence electrons. The maximum Gasteiger partial charge on any atom is 0.303 e. The van der Waals surface area contributed by atoms with Gasteiger partial charge in [-0.15, -0.1) is 0 Å². The number of nitrogens with zero attached hydrogens (tertiary/aromatic N) is 3. The molecule has 1 amide bonds. The number of aromatic nitrogens is 2. The van der Waals surface area contributed by atoms with Gasteiger partial charge in [-0.25, -0.2) is 0 Å². The largest absolute Gasteiger partial charge is 0.481 e. The van der Waals surface area contributed by atoms with Gasteiger partial charge in [0, 0.05) is 24.2 Å². The molecule has 1 aromatic carbocycles. The summed E-state index contributed by atoms with van der Waals surface area (Å²) in [5.41, 5.74) is 1.78. The van der Waals surface area contributed by atoms with Crippen molar-refractivity contribution in [3.8, 4) is 11.6 Å². The molecule has 0 bridgehead atoms. The van der Waals surface area contributed by atoms with E-state index < -0.39 is 5.97 Å². The Morgan fingerprint density at radius 1 is 1.19 bits per heavy atom. The highest BCUT2D eigenvalue weighted by molar-refractivity contribution is 8.26. The van der Waals surface area contributed by atoms with E-state index in [9.17, 15) is 14.4 Å². The van der Waals surface area contributed by atoms with Gasteiger partial charge >= 0.3 is 5.97 Å². The third-order valence-corrected chi connectivity index (χ3v) is 7.62. The lowest BCUT2D eigenvalue weighted by atomic mass is 10.2. The van der Waals surface area contributed by atoms with Crippen LogP contribution < -0.4 is 10.3 Å². The monoisotopic (exact) mass is 557 g/mol. The van der Waals surface area contributed by atoms with Crippen molar-refractivity contribution in [2.45, 2.75) is 39.5 Å². The van der Waals surface area contributed by atoms with E-state index >= 15 is 0 Å². The minimum atomic E-state index is -0.842. The number of pyridine rings is 1. The van der Waals surface area contributed by atoms with Gasteiger partial charge in [-0.3, -0.25) is 23.7 Å². The number of fused-ring (bicyclic) bond motifs is 1. The Balaban J connectivity index is 1.68. The minimum Gasteiger partial charge on any atom is -0.481 e. The van der Waals surface area contributed by atoms with E-state index in [-0.39, 0.29) is 29.3 Å². The van der Waals surface area contributed by atoms with E-state index in [1.54, 1.807) is 30.5 Å². The third kappa shape index (κ3) is 6.03. The smallest absolute Gasteiger partial charge is 0.303 e. The number of carboxylic acids is 1. The molecule has 0 spiro atoms. The molecule has 0 atom stereocenters. The van der Waals surface area contributed by atoms with Crippen LogP contribution in [0.3, 0.4) is 0 Å². The van der Waals surface area contributed by atoms with Crippen molar-refractivity contribution >= 4 is 63.5 Å². The summed E-state index contributed by atoms with van der Waals surface area (Å²) >= 11 is 12.7. The zero-order valence-corrected chi connectivity index (χ0v) is 22.6. The summed E-state index contributed by atoms with van der Waals surface area (Å²) < 4.78 is 7.86. The molecule has 1 aliphatic rings. The second kappa shape index (κ2) is 11.5. The van der Waals surface area contributed by atoms with Crippen LogP contribution in [-0.4, -0.2) is 42.1 Å². The number of benzene rings is 1. The van der Waals surface area contributed by atoms with Gasteiger partial charge in [-0.2, -0.15) is 4.98 Å². The first kappa shape index (κ1) is 26.8. The lowest BCUT2D eigenvalue weighted by Crippen LogP contribution is -2.29. The van der Waals surface area contributed by atoms with E-state index in [2.05, 4.69) is 4.98 Å². The van der Waals surface area contributed by atoms with Crippen LogP contribution in [0, 0.1) is 13.8 Å². The molecule has 0 radical (unpaired) electrons. The average molecular weight is 558 g/mol. The fourth-order valence-corrected chi connectivity index (χ4v) is 5.24. The first-order valence-electron chi connectivity index (χ1n) is 11.6. The summed E-state index contributed by atoms with van der Waals surface area (Å²) in [6, 6.07) is 8.73. The summed E-state index contributed by atoms with van der Waals surface area (Å²) in [5.74, 6) is -0.628. The highest BCUT2D eigenvalue weighted by Crippen LogP contribution is 2.35. The van der Waals surface area contributed by atoms with Gasteiger partial charge in [0.15, 0.2) is 0 Å². The van der Waals surface area contributed by atoms with Gasteiger partial charge in [0.25, 0.3) is 11.5 Å². The number of aryl methyl sites for hydroxylation is 2. The number of hydrogen-bond acceptors (Lipinski definition) is 7. The highest BCUT2D eigenvalue weighted by atomic mass is 35.5. The second-order valence-corrected chi connectivity index (χ2v) is 10.7. The van der Waals surface area contributed by atoms with Crippen molar-refractivity contribution in [2.24, 2.45) is 0 Å². The van der Waals surface area contributed by atoms with E-state index in [0.717, 1.165) is 22.9 Å². The van der Waals surface area contributed by atoms with Crippen LogP contribution in [0.15, 0.2) is 46.2 Å². The van der Waals surface area contributed by atoms with Crippen molar-refractivity contribution in [2.75, 3.05) is 6.54 Å². The standard InChI is InChI=1S/C26H24ClN3O5S2/c1-15-7-6-12-29-22(15)28-23(35-17-9-10-19(27)16(2)13-17)18(24(29)33)14-20-25(34)30(26(36)37-20)11-5-3-4-8-21(31)32/h6-7,9-10,12-14H,3-5,8,11H2,1-2H3,(H,31,32)/b20-14+. The number of thioether (sulfide) groups is 1. The number of aliphatic carboxylic acids is 1. The lowest BCUT2D eigenvalue weighted by Gasteiger charge is -2.14. The minimum absolute atomic E-state index is 0.0694. The number of rotatable bonds is 9. The topological polar surface area (TPSA) is 101 Å². The van der Waals surface area contributed by atoms with Gasteiger partial charge in [-0.1, -0.05) is 48.1 Å². The zero-order chi connectivity index (χ0) is 26.7. The third-order valence-electron chi connectivity index (χ3n) is 5.81. The van der Waals surface area contributed by atoms with Crippen LogP contribution in [-0.2, 0) is 9.59 Å². The molecule has 0 saturated carbocycles. The summed E-state index contributed by atoms with van der Waals surface area (Å²) in [6.45, 7) is 4.07. The summed E-state index contributed by atoms with van der Waals surface area (Å²) in [6.07, 6.45) is 5.00. The Kier molecular flexibility index (Phi) is 8.31. The van der Waals surface area contributed by atoms with Gasteiger partial charge in [0.05, 0.1) is 4.91 Å². The zero-order valence-electron chi connectivity index (χ0n) is 20.2. The molecular formula is C26H24ClN3O5S2. The number of hydrogen-bond donors (Lipinski definition) is 1. The maximum atomic E-state index is 13.5. The fourth-order valence-electron chi connectivity index (χ4n) is 3.83. The van der Waals surface area contributed by atoms with Crippen molar-refractivity contribution < 1.29 is 19.4 Å². The molecule has 2 aromatic heterocycles. The van der Waals surface area contributed by atoms with E-state index in [1.165, 1.54) is 15.4 Å². The van der Waals surface area contributed by atoms with Crippen molar-refractivity contribution in [1.82, 2.24) is 14.3 Å². The molecule has 3 aromatic rings.